The van der Waals surface area contributed by atoms with Crippen LogP contribution in [0, 0.1) is 0 Å². The van der Waals surface area contributed by atoms with Crippen LogP contribution >= 0.6 is 0 Å². The van der Waals surface area contributed by atoms with E-state index < -0.39 is 11.7 Å². The molecule has 0 spiro atoms. The molecule has 0 radical (unpaired) electrons. The van der Waals surface area contributed by atoms with Gasteiger partial charge in [-0.05, 0) is 19.4 Å². The number of cyclic esters (lactones) is 1. The van der Waals surface area contributed by atoms with Crippen LogP contribution in [-0.2, 0) is 16.0 Å². The first-order chi connectivity index (χ1) is 11.9. The Morgan fingerprint density at radius 3 is 2.16 bits per heavy atom. The first-order valence-electron chi connectivity index (χ1n) is 8.68. The molecule has 0 aliphatic carbocycles. The largest absolute Gasteiger partial charge is 0.530 e. The fourth-order valence-corrected chi connectivity index (χ4v) is 3.80. The third kappa shape index (κ3) is 2.76. The maximum Gasteiger partial charge on any atom is 0.530 e. The molecule has 0 N–H and O–H groups in total. The highest BCUT2D eigenvalue weighted by molar-refractivity contribution is 6.08. The first-order valence-corrected chi connectivity index (χ1v) is 8.68. The standard InChI is InChI=1S/C21H24NO3/c1-4-19(23)22(17-13-9-6-10-14-17)18(21(2,3)25-20(22)24)15-16-11-7-5-8-12-16/h5-14,18H,4,15H2,1-3H3/q+1/t18?,22-/m1/s1. The number of carbonyl (C=O) groups is 2. The van der Waals surface area contributed by atoms with E-state index in [2.05, 4.69) is 0 Å². The molecule has 1 unspecified atom stereocenters. The minimum absolute atomic E-state index is 0.136. The summed E-state index contributed by atoms with van der Waals surface area (Å²) in [4.78, 5) is 26.1. The number of para-hydroxylation sites is 1. The van der Waals surface area contributed by atoms with Crippen LogP contribution in [-0.4, -0.2) is 23.6 Å². The lowest BCUT2D eigenvalue weighted by molar-refractivity contribution is -0.128. The fourth-order valence-electron chi connectivity index (χ4n) is 3.80. The predicted molar refractivity (Wildman–Crippen MR) is 98.0 cm³/mol. The van der Waals surface area contributed by atoms with Crippen molar-refractivity contribution in [3.8, 4) is 0 Å². The molecule has 2 aromatic carbocycles. The Kier molecular flexibility index (Phi) is 4.48. The zero-order chi connectivity index (χ0) is 18.1. The van der Waals surface area contributed by atoms with Crippen LogP contribution in [0.1, 0.15) is 32.8 Å². The number of hydrogen-bond donors (Lipinski definition) is 0. The topological polar surface area (TPSA) is 43.4 Å². The van der Waals surface area contributed by atoms with E-state index >= 15 is 0 Å². The van der Waals surface area contributed by atoms with Gasteiger partial charge in [-0.25, -0.2) is 4.79 Å². The average molecular weight is 338 g/mol. The number of carbonyl (C=O) groups excluding carboxylic acids is 2. The van der Waals surface area contributed by atoms with Crippen molar-refractivity contribution in [2.75, 3.05) is 0 Å². The quantitative estimate of drug-likeness (QED) is 0.773. The van der Waals surface area contributed by atoms with Gasteiger partial charge >= 0.3 is 12.0 Å². The van der Waals surface area contributed by atoms with Gasteiger partial charge in [0.15, 0.2) is 17.3 Å². The molecular weight excluding hydrogens is 314 g/mol. The van der Waals surface area contributed by atoms with Crippen LogP contribution in [0.15, 0.2) is 60.7 Å². The third-order valence-electron chi connectivity index (χ3n) is 5.04. The summed E-state index contributed by atoms with van der Waals surface area (Å²) < 4.78 is 5.36. The maximum absolute atomic E-state index is 13.1. The Bertz CT molecular complexity index is 770. The monoisotopic (exact) mass is 338 g/mol. The second kappa shape index (κ2) is 6.45. The molecule has 1 heterocycles. The summed E-state index contributed by atoms with van der Waals surface area (Å²) in [5.74, 6) is -0.136. The summed E-state index contributed by atoms with van der Waals surface area (Å²) in [7, 11) is 0. The molecule has 4 heteroatoms. The van der Waals surface area contributed by atoms with Gasteiger partial charge in [0.1, 0.15) is 0 Å². The van der Waals surface area contributed by atoms with E-state index in [9.17, 15) is 9.59 Å². The van der Waals surface area contributed by atoms with Gasteiger partial charge in [-0.2, -0.15) is 4.79 Å². The number of quaternary nitrogens is 1. The SMILES string of the molecule is CCC(=O)[N@+]1(c2ccccc2)C(=O)OC(C)(C)C1Cc1ccccc1. The summed E-state index contributed by atoms with van der Waals surface area (Å²) in [5.41, 5.74) is 1.01. The molecule has 0 saturated carbocycles. The summed E-state index contributed by atoms with van der Waals surface area (Å²) in [6, 6.07) is 18.9. The Balaban J connectivity index is 2.18. The van der Waals surface area contributed by atoms with E-state index in [0.29, 0.717) is 12.1 Å². The van der Waals surface area contributed by atoms with Gasteiger partial charge < -0.3 is 4.74 Å². The van der Waals surface area contributed by atoms with Crippen molar-refractivity contribution in [1.29, 1.82) is 0 Å². The molecule has 0 bridgehead atoms. The zero-order valence-electron chi connectivity index (χ0n) is 14.9. The zero-order valence-corrected chi connectivity index (χ0v) is 14.9. The Morgan fingerprint density at radius 1 is 1.04 bits per heavy atom. The molecule has 2 amide bonds. The van der Waals surface area contributed by atoms with E-state index in [1.165, 1.54) is 0 Å². The van der Waals surface area contributed by atoms with Crippen LogP contribution in [0.3, 0.4) is 0 Å². The third-order valence-corrected chi connectivity index (χ3v) is 5.04. The lowest BCUT2D eigenvalue weighted by Gasteiger charge is -2.34. The number of rotatable bonds is 4. The van der Waals surface area contributed by atoms with Gasteiger partial charge in [-0.15, -0.1) is 4.48 Å². The molecule has 4 nitrogen and oxygen atoms in total. The fraction of sp³-hybridized carbons (Fsp3) is 0.333. The Labute approximate surface area is 148 Å². The number of imide groups is 1. The molecule has 1 aliphatic rings. The van der Waals surface area contributed by atoms with Crippen molar-refractivity contribution in [3.63, 3.8) is 0 Å². The molecule has 1 fully saturated rings. The summed E-state index contributed by atoms with van der Waals surface area (Å²) in [6.07, 6.45) is 0.370. The smallest absolute Gasteiger partial charge is 0.407 e. The lowest BCUT2D eigenvalue weighted by Crippen LogP contribution is -2.63. The van der Waals surface area contributed by atoms with Crippen LogP contribution in [0.4, 0.5) is 10.5 Å². The average Bonchev–Trinajstić information content (AvgIpc) is 2.82. The number of ether oxygens (including phenoxy) is 1. The number of nitrogens with zero attached hydrogens (tertiary/aromatic N) is 1. The molecule has 2 atom stereocenters. The predicted octanol–water partition coefficient (Wildman–Crippen LogP) is 4.47. The molecule has 130 valence electrons. The van der Waals surface area contributed by atoms with E-state index in [4.69, 9.17) is 4.74 Å². The molecule has 1 saturated heterocycles. The maximum atomic E-state index is 13.1. The number of hydrogen-bond acceptors (Lipinski definition) is 3. The molecule has 2 aromatic rings. The van der Waals surface area contributed by atoms with Crippen molar-refractivity contribution in [2.24, 2.45) is 0 Å². The summed E-state index contributed by atoms with van der Waals surface area (Å²) in [5, 5.41) is 0. The lowest BCUT2D eigenvalue weighted by atomic mass is 9.89. The van der Waals surface area contributed by atoms with E-state index in [1.54, 1.807) is 6.92 Å². The number of benzene rings is 2. The number of amides is 2. The summed E-state index contributed by atoms with van der Waals surface area (Å²) >= 11 is 0. The van der Waals surface area contributed by atoms with Crippen LogP contribution < -0.4 is 4.48 Å². The van der Waals surface area contributed by atoms with Gasteiger partial charge in [0.2, 0.25) is 0 Å². The minimum Gasteiger partial charge on any atom is -0.407 e. The molecule has 3 rings (SSSR count). The minimum atomic E-state index is -0.742. The highest BCUT2D eigenvalue weighted by Gasteiger charge is 2.66. The van der Waals surface area contributed by atoms with Gasteiger partial charge in [0.25, 0.3) is 0 Å². The van der Waals surface area contributed by atoms with Crippen molar-refractivity contribution < 1.29 is 14.3 Å². The highest BCUT2D eigenvalue weighted by atomic mass is 16.6. The molecular formula is C21H24NO3+. The van der Waals surface area contributed by atoms with Crippen molar-refractivity contribution in [2.45, 2.75) is 45.3 Å². The highest BCUT2D eigenvalue weighted by Crippen LogP contribution is 2.43. The van der Waals surface area contributed by atoms with Crippen molar-refractivity contribution in [1.82, 2.24) is 4.48 Å². The first kappa shape index (κ1) is 17.4. The van der Waals surface area contributed by atoms with Crippen LogP contribution in [0.25, 0.3) is 0 Å². The second-order valence-electron chi connectivity index (χ2n) is 6.98. The van der Waals surface area contributed by atoms with E-state index in [-0.39, 0.29) is 22.9 Å². The molecule has 25 heavy (non-hydrogen) atoms. The van der Waals surface area contributed by atoms with Gasteiger partial charge in [0, 0.05) is 18.6 Å². The molecule has 0 aromatic heterocycles. The van der Waals surface area contributed by atoms with Gasteiger partial charge in [-0.3, -0.25) is 0 Å². The van der Waals surface area contributed by atoms with Crippen molar-refractivity contribution >= 4 is 17.7 Å². The summed E-state index contributed by atoms with van der Waals surface area (Å²) in [6.45, 7) is 5.58. The van der Waals surface area contributed by atoms with Crippen LogP contribution in [0.5, 0.6) is 0 Å². The Morgan fingerprint density at radius 2 is 1.60 bits per heavy atom. The van der Waals surface area contributed by atoms with Crippen molar-refractivity contribution in [3.05, 3.63) is 66.2 Å². The van der Waals surface area contributed by atoms with E-state index in [0.717, 1.165) is 5.56 Å². The normalized spacial score (nSPS) is 24.8. The Hall–Kier alpha value is -2.46. The van der Waals surface area contributed by atoms with Gasteiger partial charge in [-0.1, -0.05) is 55.5 Å². The van der Waals surface area contributed by atoms with Gasteiger partial charge in [0.05, 0.1) is 6.42 Å². The van der Waals surface area contributed by atoms with E-state index in [1.807, 2.05) is 74.5 Å². The molecule has 1 aliphatic heterocycles. The second-order valence-corrected chi connectivity index (χ2v) is 6.98. The van der Waals surface area contributed by atoms with Crippen LogP contribution in [0.2, 0.25) is 0 Å².